The Morgan fingerprint density at radius 3 is 1.96 bits per heavy atom. The van der Waals surface area contributed by atoms with Crippen molar-refractivity contribution < 1.29 is 14.3 Å². The van der Waals surface area contributed by atoms with Crippen LogP contribution in [0.15, 0.2) is 47.4 Å². The lowest BCUT2D eigenvalue weighted by Crippen LogP contribution is -2.33. The molecule has 1 amide bonds. The molecule has 1 aliphatic heterocycles. The molecule has 0 unspecified atom stereocenters. The van der Waals surface area contributed by atoms with Crippen molar-refractivity contribution in [1.82, 2.24) is 43.8 Å². The standard InChI is InChI=1S/C12H22N2O.C12H17NO.C12H13NO.C11H21N3.C10H13N3O/c1-4-6-8-11-10-14(9-7-5-2)12(15)13(11)3;2*1-3-9-8-12(14-2)10-6-4-5-7-11(10)13-9;1-4-6-8-10-12-11(9-7-5-2)14(3)13-10;1-6-8-4-5-9(14)13(3)10(8)12-7(2)11-6/h10H,4-9H2,1-3H3;8H,3-7H2,1-2H3;4-8H,3H2,1-2H3;4-9H2,1-3H3;4-5H2,1-3H3. The van der Waals surface area contributed by atoms with E-state index in [1.807, 2.05) is 73.7 Å². The van der Waals surface area contributed by atoms with Crippen LogP contribution < -0.4 is 20.1 Å². The molecule has 1 aromatic carbocycles. The van der Waals surface area contributed by atoms with E-state index in [-0.39, 0.29) is 11.6 Å². The number of carbonyl (C=O) groups is 1. The molecule has 6 heterocycles. The molecule has 388 valence electrons. The quantitative estimate of drug-likeness (QED) is 0.0918. The summed E-state index contributed by atoms with van der Waals surface area (Å²) >= 11 is 0. The van der Waals surface area contributed by atoms with Crippen LogP contribution in [-0.4, -0.2) is 71.0 Å². The second-order valence-corrected chi connectivity index (χ2v) is 18.5. The van der Waals surface area contributed by atoms with E-state index in [9.17, 15) is 9.59 Å². The maximum atomic E-state index is 11.8. The predicted octanol–water partition coefficient (Wildman–Crippen LogP) is 11.2. The van der Waals surface area contributed by atoms with Crippen LogP contribution in [0.4, 0.5) is 5.82 Å². The van der Waals surface area contributed by atoms with E-state index in [1.165, 1.54) is 56.2 Å². The SMILES string of the molecule is CCCCc1cn(CCCC)c(=O)n1C.CCCCc1nc(CCCC)n(C)n1.CCc1cc(OC)c2c(n1)CCCC2.CCc1cc(OC)c2ccccc2n1.Cc1nc(C)c2c(n1)N(C)C(=O)CC2. The summed E-state index contributed by atoms with van der Waals surface area (Å²) in [6.45, 7) is 17.6. The van der Waals surface area contributed by atoms with Gasteiger partial charge in [-0.25, -0.2) is 19.7 Å². The normalized spacial score (nSPS) is 12.5. The van der Waals surface area contributed by atoms with Crippen LogP contribution in [-0.2, 0) is 76.8 Å². The number of unbranched alkanes of at least 4 members (excludes halogenated alkanes) is 4. The summed E-state index contributed by atoms with van der Waals surface area (Å²) in [5.41, 5.74) is 9.24. The molecule has 6 aromatic rings. The summed E-state index contributed by atoms with van der Waals surface area (Å²) in [4.78, 5) is 47.2. The number of fused-ring (bicyclic) bond motifs is 3. The Balaban J connectivity index is 0.000000193. The van der Waals surface area contributed by atoms with E-state index < -0.39 is 0 Å². The molecule has 0 fully saturated rings. The predicted molar refractivity (Wildman–Crippen MR) is 289 cm³/mol. The minimum Gasteiger partial charge on any atom is -0.496 e. The van der Waals surface area contributed by atoms with Gasteiger partial charge in [-0.1, -0.05) is 79.4 Å². The third kappa shape index (κ3) is 16.8. The van der Waals surface area contributed by atoms with Crippen molar-refractivity contribution in [2.45, 2.75) is 184 Å². The van der Waals surface area contributed by atoms with E-state index in [1.54, 1.807) is 30.7 Å². The summed E-state index contributed by atoms with van der Waals surface area (Å²) in [7, 11) is 9.08. The first-order valence-corrected chi connectivity index (χ1v) is 26.5. The highest BCUT2D eigenvalue weighted by molar-refractivity contribution is 5.94. The van der Waals surface area contributed by atoms with Crippen molar-refractivity contribution in [3.63, 3.8) is 0 Å². The Kier molecular flexibility index (Phi) is 24.4. The van der Waals surface area contributed by atoms with Crippen LogP contribution in [0.3, 0.4) is 0 Å². The first-order valence-electron chi connectivity index (χ1n) is 26.5. The number of anilines is 1. The first kappa shape index (κ1) is 57.7. The zero-order valence-electron chi connectivity index (χ0n) is 45.8. The molecular weight excluding hydrogens is 889 g/mol. The maximum Gasteiger partial charge on any atom is 0.328 e. The van der Waals surface area contributed by atoms with Crippen molar-refractivity contribution in [3.05, 3.63) is 110 Å². The minimum absolute atomic E-state index is 0.134. The Morgan fingerprint density at radius 1 is 0.648 bits per heavy atom. The number of imidazole rings is 1. The Morgan fingerprint density at radius 2 is 1.28 bits per heavy atom. The van der Waals surface area contributed by atoms with Gasteiger partial charge in [-0.3, -0.25) is 33.5 Å². The number of methoxy groups -OCH3 is 2. The van der Waals surface area contributed by atoms with Gasteiger partial charge in [0.15, 0.2) is 5.82 Å². The molecule has 71 heavy (non-hydrogen) atoms. The van der Waals surface area contributed by atoms with Gasteiger partial charge in [0.05, 0.1) is 19.7 Å². The molecule has 14 heteroatoms. The zero-order valence-corrected chi connectivity index (χ0v) is 45.8. The number of carbonyl (C=O) groups excluding carboxylic acids is 1. The number of aryl methyl sites for hydroxylation is 10. The van der Waals surface area contributed by atoms with E-state index in [2.05, 4.69) is 77.6 Å². The molecule has 0 N–H and O–H groups in total. The fraction of sp³-hybridized carbons (Fsp3) is 0.579. The maximum absolute atomic E-state index is 11.8. The van der Waals surface area contributed by atoms with Gasteiger partial charge >= 0.3 is 5.69 Å². The highest BCUT2D eigenvalue weighted by atomic mass is 16.5. The molecule has 14 nitrogen and oxygen atoms in total. The van der Waals surface area contributed by atoms with Crippen LogP contribution in [0.5, 0.6) is 11.5 Å². The number of rotatable bonds is 16. The van der Waals surface area contributed by atoms with Crippen molar-refractivity contribution in [3.8, 4) is 11.5 Å². The van der Waals surface area contributed by atoms with Crippen molar-refractivity contribution in [1.29, 1.82) is 0 Å². The van der Waals surface area contributed by atoms with E-state index in [0.29, 0.717) is 6.42 Å². The number of amides is 1. The van der Waals surface area contributed by atoms with Gasteiger partial charge in [0, 0.05) is 110 Å². The summed E-state index contributed by atoms with van der Waals surface area (Å²) in [5.74, 6) is 5.75. The molecular formula is C57H86N10O4. The third-order valence-corrected chi connectivity index (χ3v) is 13.0. The monoisotopic (exact) mass is 975 g/mol. The van der Waals surface area contributed by atoms with E-state index in [4.69, 9.17) is 9.47 Å². The van der Waals surface area contributed by atoms with Crippen molar-refractivity contribution >= 4 is 22.6 Å². The molecule has 0 saturated heterocycles. The number of nitrogens with zero attached hydrogens (tertiary/aromatic N) is 10. The van der Waals surface area contributed by atoms with Gasteiger partial charge in [0.2, 0.25) is 5.91 Å². The van der Waals surface area contributed by atoms with Crippen molar-refractivity contribution in [2.24, 2.45) is 14.1 Å². The molecule has 2 aliphatic rings. The Labute approximate surface area is 425 Å². The lowest BCUT2D eigenvalue weighted by Gasteiger charge is -2.25. The second-order valence-electron chi connectivity index (χ2n) is 18.5. The average molecular weight is 975 g/mol. The summed E-state index contributed by atoms with van der Waals surface area (Å²) in [6, 6.07) is 12.1. The molecule has 0 atom stereocenters. The van der Waals surface area contributed by atoms with Crippen molar-refractivity contribution in [2.75, 3.05) is 26.2 Å². The van der Waals surface area contributed by atoms with Crippen LogP contribution in [0, 0.1) is 13.8 Å². The van der Waals surface area contributed by atoms with Gasteiger partial charge in [0.25, 0.3) is 0 Å². The summed E-state index contributed by atoms with van der Waals surface area (Å²) in [6.07, 6.45) is 22.6. The largest absolute Gasteiger partial charge is 0.496 e. The van der Waals surface area contributed by atoms with Gasteiger partial charge in [-0.05, 0) is 103 Å². The molecule has 0 radical (unpaired) electrons. The molecule has 8 rings (SSSR count). The minimum atomic E-state index is 0.134. The molecule has 0 spiro atoms. The van der Waals surface area contributed by atoms with Crippen LogP contribution in [0.2, 0.25) is 0 Å². The number of hydrogen-bond donors (Lipinski definition) is 0. The average Bonchev–Trinajstić information content (AvgIpc) is 3.89. The highest BCUT2D eigenvalue weighted by Crippen LogP contribution is 2.30. The number of benzene rings is 1. The smallest absolute Gasteiger partial charge is 0.328 e. The van der Waals surface area contributed by atoms with E-state index >= 15 is 0 Å². The molecule has 0 saturated carbocycles. The third-order valence-electron chi connectivity index (χ3n) is 13.0. The van der Waals surface area contributed by atoms with Crippen LogP contribution in [0.1, 0.15) is 169 Å². The Bertz CT molecular complexity index is 2610. The van der Waals surface area contributed by atoms with Crippen LogP contribution in [0.25, 0.3) is 10.9 Å². The van der Waals surface area contributed by atoms with Gasteiger partial charge in [-0.2, -0.15) is 5.10 Å². The summed E-state index contributed by atoms with van der Waals surface area (Å²) in [5, 5.41) is 5.48. The second kappa shape index (κ2) is 30.1. The number of aromatic nitrogens is 9. The number of ether oxygens (including phenoxy) is 2. The number of para-hydroxylation sites is 1. The van der Waals surface area contributed by atoms with Gasteiger partial charge < -0.3 is 9.47 Å². The lowest BCUT2D eigenvalue weighted by molar-refractivity contribution is -0.118. The van der Waals surface area contributed by atoms with Gasteiger partial charge in [-0.15, -0.1) is 0 Å². The van der Waals surface area contributed by atoms with Crippen LogP contribution >= 0.6 is 0 Å². The number of hydrogen-bond acceptors (Lipinski definition) is 10. The molecule has 1 aliphatic carbocycles. The Hall–Kier alpha value is -5.92. The lowest BCUT2D eigenvalue weighted by atomic mass is 9.94. The fourth-order valence-electron chi connectivity index (χ4n) is 8.62. The fourth-order valence-corrected chi connectivity index (χ4v) is 8.62. The first-order chi connectivity index (χ1) is 34.3. The van der Waals surface area contributed by atoms with Gasteiger partial charge in [0.1, 0.15) is 29.0 Å². The molecule has 5 aromatic heterocycles. The zero-order chi connectivity index (χ0) is 51.9. The topological polar surface area (TPSA) is 148 Å². The number of pyridine rings is 2. The summed E-state index contributed by atoms with van der Waals surface area (Å²) < 4.78 is 16.3. The molecule has 0 bridgehead atoms. The highest BCUT2D eigenvalue weighted by Gasteiger charge is 2.24. The van der Waals surface area contributed by atoms with E-state index in [0.717, 1.165) is 151 Å².